The van der Waals surface area contributed by atoms with Crippen LogP contribution in [-0.4, -0.2) is 27.2 Å². The molecule has 0 saturated carbocycles. The summed E-state index contributed by atoms with van der Waals surface area (Å²) in [4.78, 5) is 10.8. The molecule has 20 heavy (non-hydrogen) atoms. The third-order valence-corrected chi connectivity index (χ3v) is 3.72. The number of halogens is 4. The summed E-state index contributed by atoms with van der Waals surface area (Å²) in [7, 11) is 0. The molecule has 1 aromatic carbocycles. The molecule has 1 rings (SSSR count). The van der Waals surface area contributed by atoms with Gasteiger partial charge in [-0.2, -0.15) is 13.2 Å². The summed E-state index contributed by atoms with van der Waals surface area (Å²) in [5.74, 6) is -0.136. The van der Waals surface area contributed by atoms with Crippen LogP contribution in [0.3, 0.4) is 0 Å². The SMILES string of the molecule is CC(=O)SCC(O)C(O)c1cc(C(F)(F)F)ccc1Cl. The van der Waals surface area contributed by atoms with Crippen LogP contribution in [0.1, 0.15) is 24.2 Å². The maximum Gasteiger partial charge on any atom is 0.416 e. The van der Waals surface area contributed by atoms with Crippen LogP contribution in [0.4, 0.5) is 13.2 Å². The second kappa shape index (κ2) is 6.80. The summed E-state index contributed by atoms with van der Waals surface area (Å²) >= 11 is 6.50. The molecule has 0 fully saturated rings. The van der Waals surface area contributed by atoms with E-state index in [2.05, 4.69) is 0 Å². The first-order chi connectivity index (χ1) is 9.12. The third-order valence-electron chi connectivity index (χ3n) is 2.46. The van der Waals surface area contributed by atoms with Gasteiger partial charge in [0.2, 0.25) is 0 Å². The Balaban J connectivity index is 2.97. The molecule has 1 aromatic rings. The monoisotopic (exact) mass is 328 g/mol. The van der Waals surface area contributed by atoms with Crippen molar-refractivity contribution in [3.05, 3.63) is 34.3 Å². The van der Waals surface area contributed by atoms with Gasteiger partial charge in [0, 0.05) is 23.3 Å². The highest BCUT2D eigenvalue weighted by molar-refractivity contribution is 8.13. The van der Waals surface area contributed by atoms with Gasteiger partial charge in [-0.05, 0) is 18.2 Å². The lowest BCUT2D eigenvalue weighted by Crippen LogP contribution is -2.22. The summed E-state index contributed by atoms with van der Waals surface area (Å²) in [5, 5.41) is 19.2. The fourth-order valence-electron chi connectivity index (χ4n) is 1.45. The van der Waals surface area contributed by atoms with E-state index in [1.54, 1.807) is 0 Å². The number of alkyl halides is 3. The Kier molecular flexibility index (Phi) is 5.88. The first kappa shape index (κ1) is 17.3. The predicted octanol–water partition coefficient (Wildman–Crippen LogP) is 3.03. The second-order valence-electron chi connectivity index (χ2n) is 4.05. The summed E-state index contributed by atoms with van der Waals surface area (Å²) in [6, 6.07) is 2.48. The van der Waals surface area contributed by atoms with Gasteiger partial charge in [-0.25, -0.2) is 0 Å². The molecule has 3 nitrogen and oxygen atoms in total. The van der Waals surface area contributed by atoms with Crippen LogP contribution in [0.15, 0.2) is 18.2 Å². The minimum Gasteiger partial charge on any atom is -0.389 e. The van der Waals surface area contributed by atoms with E-state index in [-0.39, 0.29) is 21.5 Å². The Labute approximate surface area is 122 Å². The smallest absolute Gasteiger partial charge is 0.389 e. The lowest BCUT2D eigenvalue weighted by atomic mass is 10.0. The normalized spacial score (nSPS) is 14.9. The quantitative estimate of drug-likeness (QED) is 0.892. The molecule has 2 N–H and O–H groups in total. The molecule has 0 aliphatic carbocycles. The van der Waals surface area contributed by atoms with Crippen molar-refractivity contribution in [2.75, 3.05) is 5.75 Å². The summed E-state index contributed by atoms with van der Waals surface area (Å²) in [6.07, 6.45) is -7.57. The standard InChI is InChI=1S/C12H12ClF3O3S/c1-6(17)20-5-10(18)11(19)8-4-7(12(14,15)16)2-3-9(8)13/h2-4,10-11,18-19H,5H2,1H3. The maximum absolute atomic E-state index is 12.6. The fourth-order valence-corrected chi connectivity index (χ4v) is 2.26. The van der Waals surface area contributed by atoms with E-state index in [9.17, 15) is 28.2 Å². The molecule has 0 aliphatic rings. The minimum absolute atomic E-state index is 0.0858. The van der Waals surface area contributed by atoms with Crippen LogP contribution in [0.25, 0.3) is 0 Å². The Bertz CT molecular complexity index is 493. The second-order valence-corrected chi connectivity index (χ2v) is 5.65. The zero-order valence-electron chi connectivity index (χ0n) is 10.3. The first-order valence-electron chi connectivity index (χ1n) is 5.49. The summed E-state index contributed by atoms with van der Waals surface area (Å²) < 4.78 is 37.7. The number of benzene rings is 1. The lowest BCUT2D eigenvalue weighted by Gasteiger charge is -2.19. The highest BCUT2D eigenvalue weighted by Gasteiger charge is 2.32. The number of carbonyl (C=O) groups is 1. The minimum atomic E-state index is -4.57. The first-order valence-corrected chi connectivity index (χ1v) is 6.85. The number of aliphatic hydroxyl groups is 2. The number of thioether (sulfide) groups is 1. The van der Waals surface area contributed by atoms with Gasteiger partial charge in [0.25, 0.3) is 0 Å². The van der Waals surface area contributed by atoms with Crippen molar-refractivity contribution >= 4 is 28.5 Å². The average Bonchev–Trinajstić information content (AvgIpc) is 2.34. The zero-order valence-corrected chi connectivity index (χ0v) is 11.9. The Morgan fingerprint density at radius 1 is 1.40 bits per heavy atom. The zero-order chi connectivity index (χ0) is 15.5. The van der Waals surface area contributed by atoms with Gasteiger partial charge in [-0.1, -0.05) is 23.4 Å². The molecule has 0 heterocycles. The molecular formula is C12H12ClF3O3S. The molecule has 112 valence electrons. The van der Waals surface area contributed by atoms with E-state index >= 15 is 0 Å². The molecule has 0 spiro atoms. The number of carbonyl (C=O) groups excluding carboxylic acids is 1. The largest absolute Gasteiger partial charge is 0.416 e. The van der Waals surface area contributed by atoms with Crippen molar-refractivity contribution in [3.8, 4) is 0 Å². The summed E-state index contributed by atoms with van der Waals surface area (Å²) in [6.45, 7) is 1.28. The van der Waals surface area contributed by atoms with Gasteiger partial charge in [0.05, 0.1) is 11.7 Å². The molecule has 0 radical (unpaired) electrons. The van der Waals surface area contributed by atoms with Crippen LogP contribution in [-0.2, 0) is 11.0 Å². The highest BCUT2D eigenvalue weighted by atomic mass is 35.5. The van der Waals surface area contributed by atoms with Crippen LogP contribution < -0.4 is 0 Å². The molecular weight excluding hydrogens is 317 g/mol. The van der Waals surface area contributed by atoms with E-state index in [1.165, 1.54) is 6.92 Å². The molecule has 2 unspecified atom stereocenters. The van der Waals surface area contributed by atoms with E-state index < -0.39 is 23.9 Å². The third kappa shape index (κ3) is 4.66. The van der Waals surface area contributed by atoms with Gasteiger partial charge in [0.1, 0.15) is 6.10 Å². The van der Waals surface area contributed by atoms with E-state index in [0.29, 0.717) is 6.07 Å². The predicted molar refractivity (Wildman–Crippen MR) is 70.6 cm³/mol. The topological polar surface area (TPSA) is 57.5 Å². The van der Waals surface area contributed by atoms with Crippen molar-refractivity contribution in [1.82, 2.24) is 0 Å². The number of hydrogen-bond donors (Lipinski definition) is 2. The highest BCUT2D eigenvalue weighted by Crippen LogP contribution is 2.34. The Hall–Kier alpha value is -0.760. The van der Waals surface area contributed by atoms with Crippen molar-refractivity contribution in [1.29, 1.82) is 0 Å². The van der Waals surface area contributed by atoms with E-state index in [4.69, 9.17) is 11.6 Å². The number of rotatable bonds is 4. The molecule has 0 saturated heterocycles. The molecule has 0 aromatic heterocycles. The van der Waals surface area contributed by atoms with Crippen molar-refractivity contribution in [3.63, 3.8) is 0 Å². The van der Waals surface area contributed by atoms with Crippen molar-refractivity contribution < 1.29 is 28.2 Å². The van der Waals surface area contributed by atoms with Crippen LogP contribution in [0, 0.1) is 0 Å². The fraction of sp³-hybridized carbons (Fsp3) is 0.417. The molecule has 0 amide bonds. The van der Waals surface area contributed by atoms with Crippen LogP contribution in [0.5, 0.6) is 0 Å². The Morgan fingerprint density at radius 2 is 2.00 bits per heavy atom. The van der Waals surface area contributed by atoms with E-state index in [0.717, 1.165) is 23.9 Å². The van der Waals surface area contributed by atoms with Crippen molar-refractivity contribution in [2.45, 2.75) is 25.3 Å². The molecule has 0 aliphatic heterocycles. The van der Waals surface area contributed by atoms with Gasteiger partial charge in [0.15, 0.2) is 5.12 Å². The average molecular weight is 329 g/mol. The van der Waals surface area contributed by atoms with Gasteiger partial charge in [-0.3, -0.25) is 4.79 Å². The van der Waals surface area contributed by atoms with E-state index in [1.807, 2.05) is 0 Å². The van der Waals surface area contributed by atoms with Gasteiger partial charge >= 0.3 is 6.18 Å². The lowest BCUT2D eigenvalue weighted by molar-refractivity contribution is -0.137. The van der Waals surface area contributed by atoms with Crippen LogP contribution >= 0.6 is 23.4 Å². The Morgan fingerprint density at radius 3 is 2.50 bits per heavy atom. The van der Waals surface area contributed by atoms with Gasteiger partial charge in [-0.15, -0.1) is 0 Å². The molecule has 8 heteroatoms. The molecule has 0 bridgehead atoms. The maximum atomic E-state index is 12.6. The summed E-state index contributed by atoms with van der Waals surface area (Å²) in [5.41, 5.74) is -1.19. The molecule has 2 atom stereocenters. The number of hydrogen-bond acceptors (Lipinski definition) is 4. The van der Waals surface area contributed by atoms with Crippen LogP contribution in [0.2, 0.25) is 5.02 Å². The van der Waals surface area contributed by atoms with Gasteiger partial charge < -0.3 is 10.2 Å². The van der Waals surface area contributed by atoms with Crippen molar-refractivity contribution in [2.24, 2.45) is 0 Å². The number of aliphatic hydroxyl groups excluding tert-OH is 2.